The van der Waals surface area contributed by atoms with Crippen LogP contribution in [-0.2, 0) is 20.4 Å². The third-order valence-corrected chi connectivity index (χ3v) is 6.42. The van der Waals surface area contributed by atoms with E-state index in [1.165, 1.54) is 17.2 Å². The molecule has 148 valence electrons. The second-order valence-corrected chi connectivity index (χ2v) is 8.88. The number of fused-ring (bicyclic) bond motifs is 1. The summed E-state index contributed by atoms with van der Waals surface area (Å²) in [4.78, 5) is 23.2. The van der Waals surface area contributed by atoms with Gasteiger partial charge in [-0.25, -0.2) is 15.0 Å². The van der Waals surface area contributed by atoms with Crippen LogP contribution in [0.3, 0.4) is 0 Å². The first-order valence-electron chi connectivity index (χ1n) is 8.38. The monoisotopic (exact) mass is 398 g/mol. The summed E-state index contributed by atoms with van der Waals surface area (Å²) in [6, 6.07) is -0.685. The number of anilines is 1. The molecule has 2 aromatic heterocycles. The topological polar surface area (TPSA) is 188 Å². The summed E-state index contributed by atoms with van der Waals surface area (Å²) in [6.45, 7) is 0. The Balaban J connectivity index is 1.68. The average Bonchev–Trinajstić information content (AvgIpc) is 3.17. The number of aliphatic hydroxyl groups excluding tert-OH is 2. The molecule has 2 unspecified atom stereocenters. The van der Waals surface area contributed by atoms with Gasteiger partial charge in [0.05, 0.1) is 18.6 Å². The molecule has 3 heterocycles. The van der Waals surface area contributed by atoms with Gasteiger partial charge >= 0.3 is 0 Å². The van der Waals surface area contributed by atoms with E-state index in [0.29, 0.717) is 29.1 Å². The number of amides is 1. The third kappa shape index (κ3) is 3.99. The molecule has 1 amide bonds. The second kappa shape index (κ2) is 7.94. The maximum atomic E-state index is 11.0. The Bertz CT molecular complexity index is 819. The molecule has 12 heteroatoms. The van der Waals surface area contributed by atoms with Crippen LogP contribution in [0.1, 0.15) is 12.6 Å². The van der Waals surface area contributed by atoms with E-state index < -0.39 is 36.5 Å². The van der Waals surface area contributed by atoms with Crippen LogP contribution < -0.4 is 17.2 Å². The Morgan fingerprint density at radius 2 is 2.11 bits per heavy atom. The number of imidazole rings is 1. The molecule has 1 aliphatic rings. The summed E-state index contributed by atoms with van der Waals surface area (Å²) < 4.78 is 7.45. The molecule has 2 aromatic rings. The molecule has 0 bridgehead atoms. The predicted molar refractivity (Wildman–Crippen MR) is 100 cm³/mol. The number of nitrogen functional groups attached to an aromatic ring is 1. The number of primary amides is 1. The van der Waals surface area contributed by atoms with E-state index in [1.807, 2.05) is 6.26 Å². The van der Waals surface area contributed by atoms with E-state index in [-0.39, 0.29) is 16.7 Å². The summed E-state index contributed by atoms with van der Waals surface area (Å²) in [5.74, 6) is 0.885. The zero-order valence-corrected chi connectivity index (χ0v) is 15.6. The zero-order valence-electron chi connectivity index (χ0n) is 14.8. The number of nitrogens with zero attached hydrogens (tertiary/aromatic N) is 4. The summed E-state index contributed by atoms with van der Waals surface area (Å²) in [5, 5.41) is 20.9. The van der Waals surface area contributed by atoms with Gasteiger partial charge in [-0.05, 0) is 10.9 Å². The molecule has 1 saturated heterocycles. The zero-order chi connectivity index (χ0) is 19.7. The minimum absolute atomic E-state index is 0.180. The van der Waals surface area contributed by atoms with Crippen LogP contribution in [0.25, 0.3) is 11.2 Å². The van der Waals surface area contributed by atoms with Crippen molar-refractivity contribution in [3.05, 3.63) is 12.7 Å². The number of rotatable bonds is 7. The van der Waals surface area contributed by atoms with E-state index in [0.717, 1.165) is 0 Å². The van der Waals surface area contributed by atoms with Crippen molar-refractivity contribution in [2.75, 3.05) is 23.5 Å². The minimum atomic E-state index is -1.14. The Kier molecular flexibility index (Phi) is 5.81. The van der Waals surface area contributed by atoms with Gasteiger partial charge in [-0.3, -0.25) is 9.36 Å². The minimum Gasteiger partial charge on any atom is -0.387 e. The van der Waals surface area contributed by atoms with Crippen LogP contribution in [0.2, 0.25) is 0 Å². The van der Waals surface area contributed by atoms with Gasteiger partial charge in [0, 0.05) is 6.42 Å². The lowest BCUT2D eigenvalue weighted by Crippen LogP contribution is -2.39. The first kappa shape index (κ1) is 19.8. The van der Waals surface area contributed by atoms with Crippen molar-refractivity contribution in [2.45, 2.75) is 37.0 Å². The van der Waals surface area contributed by atoms with Crippen LogP contribution in [0.4, 0.5) is 5.82 Å². The SMILES string of the molecule is C[S+](CCC(N)C(N)=O)C[C@H]1O[C@@H](n2cnc3c(N)ncnc32)[C@H](O)[C@@H]1O. The molecule has 0 aliphatic carbocycles. The molecular weight excluding hydrogens is 374 g/mol. The Hall–Kier alpha value is -1.99. The lowest BCUT2D eigenvalue weighted by Gasteiger charge is -2.16. The highest BCUT2D eigenvalue weighted by Gasteiger charge is 2.46. The first-order valence-corrected chi connectivity index (χ1v) is 10.3. The number of hydrogen-bond acceptors (Lipinski definition) is 9. The molecule has 11 nitrogen and oxygen atoms in total. The van der Waals surface area contributed by atoms with E-state index in [9.17, 15) is 15.0 Å². The molecular formula is C15H24N7O4S+. The fraction of sp³-hybridized carbons (Fsp3) is 0.600. The second-order valence-electron chi connectivity index (χ2n) is 6.58. The molecule has 1 aliphatic heterocycles. The van der Waals surface area contributed by atoms with Crippen LogP contribution in [0, 0.1) is 0 Å². The lowest BCUT2D eigenvalue weighted by molar-refractivity contribution is -0.119. The van der Waals surface area contributed by atoms with Crippen LogP contribution >= 0.6 is 0 Å². The van der Waals surface area contributed by atoms with E-state index >= 15 is 0 Å². The molecule has 0 radical (unpaired) electrons. The van der Waals surface area contributed by atoms with Gasteiger partial charge < -0.3 is 32.2 Å². The first-order chi connectivity index (χ1) is 12.8. The van der Waals surface area contributed by atoms with Gasteiger partial charge in [0.1, 0.15) is 41.7 Å². The van der Waals surface area contributed by atoms with Gasteiger partial charge in [0.25, 0.3) is 0 Å². The average molecular weight is 398 g/mol. The highest BCUT2D eigenvalue weighted by Crippen LogP contribution is 2.32. The lowest BCUT2D eigenvalue weighted by atomic mass is 10.1. The van der Waals surface area contributed by atoms with Crippen molar-refractivity contribution in [2.24, 2.45) is 11.5 Å². The van der Waals surface area contributed by atoms with Gasteiger partial charge in [-0.2, -0.15) is 0 Å². The molecule has 6 atom stereocenters. The van der Waals surface area contributed by atoms with Crippen LogP contribution in [-0.4, -0.2) is 77.8 Å². The Morgan fingerprint density at radius 1 is 1.37 bits per heavy atom. The van der Waals surface area contributed by atoms with Gasteiger partial charge in [-0.15, -0.1) is 0 Å². The summed E-state index contributed by atoms with van der Waals surface area (Å²) >= 11 is 0. The highest BCUT2D eigenvalue weighted by atomic mass is 32.2. The van der Waals surface area contributed by atoms with Crippen molar-refractivity contribution < 1.29 is 19.7 Å². The molecule has 3 rings (SSSR count). The summed E-state index contributed by atoms with van der Waals surface area (Å²) in [5.41, 5.74) is 17.4. The smallest absolute Gasteiger partial charge is 0.234 e. The van der Waals surface area contributed by atoms with Crippen molar-refractivity contribution >= 4 is 33.8 Å². The van der Waals surface area contributed by atoms with Crippen molar-refractivity contribution in [1.29, 1.82) is 0 Å². The fourth-order valence-corrected chi connectivity index (χ4v) is 4.65. The molecule has 0 spiro atoms. The standard InChI is InChI=1S/C15H23N7O4S/c1-27(3-2-7(16)13(18)25)4-8-10(23)11(24)15(26-8)22-6-21-9-12(17)19-5-20-14(9)22/h5-8,10-11,15,23-24H,2-4,16H2,1H3,(H3-,17,18,19,20,25)/p+1/t7?,8-,10-,11-,15-,27?/m1/s1. The van der Waals surface area contributed by atoms with E-state index in [2.05, 4.69) is 15.0 Å². The van der Waals surface area contributed by atoms with E-state index in [4.69, 9.17) is 21.9 Å². The molecule has 0 saturated carbocycles. The molecule has 1 fully saturated rings. The summed E-state index contributed by atoms with van der Waals surface area (Å²) in [7, 11) is -0.180. The largest absolute Gasteiger partial charge is 0.387 e. The highest BCUT2D eigenvalue weighted by molar-refractivity contribution is 7.96. The number of nitrogens with two attached hydrogens (primary N) is 3. The van der Waals surface area contributed by atoms with Crippen molar-refractivity contribution in [3.63, 3.8) is 0 Å². The molecule has 0 aromatic carbocycles. The number of hydrogen-bond donors (Lipinski definition) is 5. The normalized spacial score (nSPS) is 27.7. The predicted octanol–water partition coefficient (Wildman–Crippen LogP) is -2.52. The van der Waals surface area contributed by atoms with E-state index in [1.54, 1.807) is 0 Å². The fourth-order valence-electron chi connectivity index (χ4n) is 2.99. The quantitative estimate of drug-likeness (QED) is 0.313. The Morgan fingerprint density at radius 3 is 2.81 bits per heavy atom. The van der Waals surface area contributed by atoms with Crippen LogP contribution in [0.15, 0.2) is 12.7 Å². The molecule has 8 N–H and O–H groups in total. The van der Waals surface area contributed by atoms with Crippen molar-refractivity contribution in [1.82, 2.24) is 19.5 Å². The van der Waals surface area contributed by atoms with Gasteiger partial charge in [0.2, 0.25) is 5.91 Å². The maximum Gasteiger partial charge on any atom is 0.234 e. The number of carbonyl (C=O) groups is 1. The maximum absolute atomic E-state index is 11.0. The van der Waals surface area contributed by atoms with Gasteiger partial charge in [0.15, 0.2) is 17.7 Å². The van der Waals surface area contributed by atoms with Crippen LogP contribution in [0.5, 0.6) is 0 Å². The third-order valence-electron chi connectivity index (χ3n) is 4.59. The summed E-state index contributed by atoms with van der Waals surface area (Å²) in [6.07, 6.45) is 1.59. The number of aliphatic hydroxyl groups is 2. The number of aromatic nitrogens is 4. The van der Waals surface area contributed by atoms with Gasteiger partial charge in [-0.1, -0.05) is 0 Å². The number of carbonyl (C=O) groups excluding carboxylic acids is 1. The number of ether oxygens (including phenoxy) is 1. The Labute approximate surface area is 158 Å². The molecule has 27 heavy (non-hydrogen) atoms. The van der Waals surface area contributed by atoms with Crippen molar-refractivity contribution in [3.8, 4) is 0 Å².